The largest absolute Gasteiger partial charge is 0.308 e. The number of fused-ring (bicyclic) bond motifs is 6. The Morgan fingerprint density at radius 3 is 1.53 bits per heavy atom. The SMILES string of the molecule is O=P1(c2ccccc2)C(c2cccs2)=c2c(c3sccc3c3ccsc23)=C1c1cccs1. The molecule has 0 bridgehead atoms. The Hall–Kier alpha value is -2.27. The normalized spacial score (nSPS) is 15.1. The van der Waals surface area contributed by atoms with Crippen LogP contribution in [0.1, 0.15) is 9.75 Å². The van der Waals surface area contributed by atoms with Crippen LogP contribution in [0.15, 0.2) is 88.3 Å². The standard InChI is InChI=1S/C26H15OPS4/c27-28(16-6-2-1-3-7-16)23(19-8-4-12-29-19)21-22(24(28)20-9-5-13-30-20)26-18(11-15-32-26)17-10-14-31-25(17)21/h1-15H. The van der Waals surface area contributed by atoms with E-state index in [4.69, 9.17) is 0 Å². The maximum atomic E-state index is 15.6. The second kappa shape index (κ2) is 7.11. The molecule has 7 rings (SSSR count). The molecule has 154 valence electrons. The van der Waals surface area contributed by atoms with Gasteiger partial charge in [0.25, 0.3) is 0 Å². The number of hydrogen-bond donors (Lipinski definition) is 0. The highest BCUT2D eigenvalue weighted by Crippen LogP contribution is 2.67. The highest BCUT2D eigenvalue weighted by Gasteiger charge is 2.42. The van der Waals surface area contributed by atoms with Gasteiger partial charge in [0.1, 0.15) is 0 Å². The van der Waals surface area contributed by atoms with Gasteiger partial charge in [-0.15, -0.1) is 45.3 Å². The number of thiophene rings is 4. The summed E-state index contributed by atoms with van der Waals surface area (Å²) in [6.07, 6.45) is 0. The van der Waals surface area contributed by atoms with Gasteiger partial charge in [-0.25, -0.2) is 0 Å². The van der Waals surface area contributed by atoms with E-state index in [1.165, 1.54) is 30.6 Å². The second-order valence-electron chi connectivity index (χ2n) is 7.67. The van der Waals surface area contributed by atoms with Crippen molar-refractivity contribution in [2.45, 2.75) is 0 Å². The molecule has 1 aliphatic heterocycles. The molecule has 0 aliphatic carbocycles. The third-order valence-electron chi connectivity index (χ3n) is 6.06. The summed E-state index contributed by atoms with van der Waals surface area (Å²) in [5, 5.41) is 16.4. The average Bonchev–Trinajstić information content (AvgIpc) is 3.63. The first kappa shape index (κ1) is 19.2. The first-order valence-corrected chi connectivity index (χ1v) is 15.4. The highest BCUT2D eigenvalue weighted by atomic mass is 32.1. The Morgan fingerprint density at radius 2 is 1.06 bits per heavy atom. The molecular formula is C26H15OPS4. The fraction of sp³-hybridized carbons (Fsp3) is 0. The lowest BCUT2D eigenvalue weighted by molar-refractivity contribution is 0.593. The van der Waals surface area contributed by atoms with Crippen LogP contribution in [-0.2, 0) is 4.57 Å². The van der Waals surface area contributed by atoms with Crippen molar-refractivity contribution < 1.29 is 4.57 Å². The molecule has 0 spiro atoms. The van der Waals surface area contributed by atoms with E-state index in [-0.39, 0.29) is 0 Å². The zero-order chi connectivity index (χ0) is 21.3. The van der Waals surface area contributed by atoms with Gasteiger partial charge < -0.3 is 4.57 Å². The van der Waals surface area contributed by atoms with Crippen LogP contribution >= 0.6 is 52.5 Å². The molecule has 0 saturated carbocycles. The zero-order valence-corrected chi connectivity index (χ0v) is 20.8. The van der Waals surface area contributed by atoms with Crippen molar-refractivity contribution in [2.75, 3.05) is 0 Å². The second-order valence-corrected chi connectivity index (χ2v) is 14.0. The summed E-state index contributed by atoms with van der Waals surface area (Å²) in [5.41, 5.74) is 0. The van der Waals surface area contributed by atoms with Gasteiger partial charge in [0, 0.05) is 56.3 Å². The van der Waals surface area contributed by atoms with Crippen LogP contribution in [0.4, 0.5) is 0 Å². The summed E-state index contributed by atoms with van der Waals surface area (Å²) >= 11 is 6.90. The molecule has 0 fully saturated rings. The summed E-state index contributed by atoms with van der Waals surface area (Å²) in [4.78, 5) is 2.21. The van der Waals surface area contributed by atoms with E-state index in [1.54, 1.807) is 45.3 Å². The van der Waals surface area contributed by atoms with E-state index >= 15 is 4.57 Å². The summed E-state index contributed by atoms with van der Waals surface area (Å²) in [7, 11) is -3.09. The van der Waals surface area contributed by atoms with Crippen molar-refractivity contribution in [3.05, 3.63) is 108 Å². The molecule has 0 saturated heterocycles. The molecule has 0 N–H and O–H groups in total. The minimum absolute atomic E-state index is 0.914. The molecule has 6 heteroatoms. The van der Waals surface area contributed by atoms with Crippen LogP contribution in [0, 0.1) is 0 Å². The van der Waals surface area contributed by atoms with Crippen molar-refractivity contribution in [3.8, 4) is 0 Å². The molecular weight excluding hydrogens is 488 g/mol. The lowest BCUT2D eigenvalue weighted by Gasteiger charge is -2.20. The van der Waals surface area contributed by atoms with Crippen molar-refractivity contribution in [1.82, 2.24) is 0 Å². The molecule has 0 atom stereocenters. The van der Waals surface area contributed by atoms with Crippen molar-refractivity contribution in [1.29, 1.82) is 0 Å². The Kier molecular flexibility index (Phi) is 4.27. The van der Waals surface area contributed by atoms with Crippen molar-refractivity contribution >= 4 is 88.6 Å². The first-order chi connectivity index (χ1) is 15.8. The van der Waals surface area contributed by atoms with E-state index in [0.717, 1.165) is 25.7 Å². The quantitative estimate of drug-likeness (QED) is 0.233. The molecule has 5 heterocycles. The summed E-state index contributed by atoms with van der Waals surface area (Å²) in [6.45, 7) is 0. The molecule has 2 aromatic carbocycles. The van der Waals surface area contributed by atoms with E-state index < -0.39 is 7.14 Å². The lowest BCUT2D eigenvalue weighted by atomic mass is 10.1. The molecule has 0 radical (unpaired) electrons. The van der Waals surface area contributed by atoms with Crippen LogP contribution in [0.3, 0.4) is 0 Å². The summed E-state index contributed by atoms with van der Waals surface area (Å²) in [6, 6.07) is 23.0. The van der Waals surface area contributed by atoms with E-state index in [1.807, 2.05) is 30.3 Å². The first-order valence-electron chi connectivity index (χ1n) is 10.2. The molecule has 32 heavy (non-hydrogen) atoms. The molecule has 4 aromatic heterocycles. The monoisotopic (exact) mass is 502 g/mol. The van der Waals surface area contributed by atoms with Gasteiger partial charge in [-0.2, -0.15) is 0 Å². The predicted octanol–water partition coefficient (Wildman–Crippen LogP) is 7.25. The predicted molar refractivity (Wildman–Crippen MR) is 144 cm³/mol. The van der Waals surface area contributed by atoms with Crippen molar-refractivity contribution in [3.63, 3.8) is 0 Å². The molecule has 1 aliphatic rings. The van der Waals surface area contributed by atoms with E-state index in [9.17, 15) is 0 Å². The number of hydrogen-bond acceptors (Lipinski definition) is 5. The fourth-order valence-corrected chi connectivity index (χ4v) is 12.5. The minimum Gasteiger partial charge on any atom is -0.308 e. The Morgan fingerprint density at radius 1 is 0.531 bits per heavy atom. The minimum atomic E-state index is -3.09. The summed E-state index contributed by atoms with van der Waals surface area (Å²) in [5.74, 6) is 0. The van der Waals surface area contributed by atoms with Gasteiger partial charge >= 0.3 is 0 Å². The fourth-order valence-electron chi connectivity index (χ4n) is 4.82. The zero-order valence-electron chi connectivity index (χ0n) is 16.6. The maximum absolute atomic E-state index is 15.6. The lowest BCUT2D eigenvalue weighted by Crippen LogP contribution is -2.25. The van der Waals surface area contributed by atoms with Gasteiger partial charge in [-0.1, -0.05) is 42.5 Å². The van der Waals surface area contributed by atoms with E-state index in [0.29, 0.717) is 0 Å². The average molecular weight is 503 g/mol. The molecule has 0 amide bonds. The van der Waals surface area contributed by atoms with Crippen LogP contribution in [0.5, 0.6) is 0 Å². The Balaban J connectivity index is 1.86. The van der Waals surface area contributed by atoms with Crippen LogP contribution in [0.25, 0.3) is 30.8 Å². The molecule has 0 unspecified atom stereocenters. The maximum Gasteiger partial charge on any atom is 0.175 e. The molecule has 1 nitrogen and oxygen atoms in total. The molecule has 6 aromatic rings. The third kappa shape index (κ3) is 2.46. The van der Waals surface area contributed by atoms with Crippen molar-refractivity contribution in [2.24, 2.45) is 0 Å². The number of rotatable bonds is 3. The van der Waals surface area contributed by atoms with Gasteiger partial charge in [0.2, 0.25) is 0 Å². The van der Waals surface area contributed by atoms with Gasteiger partial charge in [0.15, 0.2) is 7.14 Å². The Labute approximate surface area is 200 Å². The summed E-state index contributed by atoms with van der Waals surface area (Å²) < 4.78 is 18.1. The third-order valence-corrected chi connectivity index (χ3v) is 13.2. The van der Waals surface area contributed by atoms with Crippen LogP contribution in [-0.4, -0.2) is 0 Å². The number of benzene rings is 2. The smallest absolute Gasteiger partial charge is 0.175 e. The van der Waals surface area contributed by atoms with Gasteiger partial charge in [0.05, 0.1) is 0 Å². The van der Waals surface area contributed by atoms with E-state index in [2.05, 4.69) is 57.9 Å². The highest BCUT2D eigenvalue weighted by molar-refractivity contribution is 7.90. The Bertz CT molecular complexity index is 1670. The van der Waals surface area contributed by atoms with Gasteiger partial charge in [-0.3, -0.25) is 0 Å². The van der Waals surface area contributed by atoms with Crippen LogP contribution < -0.4 is 15.7 Å². The van der Waals surface area contributed by atoms with Crippen LogP contribution in [0.2, 0.25) is 0 Å². The topological polar surface area (TPSA) is 17.1 Å². The van der Waals surface area contributed by atoms with Gasteiger partial charge in [-0.05, 0) is 45.8 Å².